The molecule has 2 heterocycles. The molecule has 1 atom stereocenters. The number of amides is 1. The van der Waals surface area contributed by atoms with Crippen LogP contribution in [0.3, 0.4) is 0 Å². The van der Waals surface area contributed by atoms with Crippen LogP contribution in [0.25, 0.3) is 10.6 Å². The second-order valence-electron chi connectivity index (χ2n) is 7.05. The van der Waals surface area contributed by atoms with Gasteiger partial charge in [0.1, 0.15) is 9.88 Å². The summed E-state index contributed by atoms with van der Waals surface area (Å²) in [6.45, 7) is 7.50. The van der Waals surface area contributed by atoms with Crippen LogP contribution in [0.2, 0.25) is 5.02 Å². The molecule has 2 aromatic rings. The zero-order valence-corrected chi connectivity index (χ0v) is 15.7. The summed E-state index contributed by atoms with van der Waals surface area (Å²) in [7, 11) is 0. The molecule has 1 aromatic carbocycles. The smallest absolute Gasteiger partial charge is 0.265 e. The summed E-state index contributed by atoms with van der Waals surface area (Å²) >= 11 is 7.49. The second kappa shape index (κ2) is 6.47. The van der Waals surface area contributed by atoms with Gasteiger partial charge in [-0.2, -0.15) is 0 Å². The number of likely N-dealkylation sites (tertiary alicyclic amines) is 1. The number of piperidine rings is 1. The highest BCUT2D eigenvalue weighted by molar-refractivity contribution is 7.17. The van der Waals surface area contributed by atoms with Gasteiger partial charge in [0.15, 0.2) is 0 Å². The van der Waals surface area contributed by atoms with Crippen LogP contribution >= 0.6 is 22.9 Å². The van der Waals surface area contributed by atoms with Crippen LogP contribution in [-0.4, -0.2) is 34.9 Å². The second-order valence-corrected chi connectivity index (χ2v) is 8.49. The molecular formula is C18H22ClN3OS. The van der Waals surface area contributed by atoms with E-state index < -0.39 is 0 Å². The molecular weight excluding hydrogens is 342 g/mol. The van der Waals surface area contributed by atoms with Gasteiger partial charge in [-0.25, -0.2) is 4.98 Å². The van der Waals surface area contributed by atoms with Gasteiger partial charge >= 0.3 is 0 Å². The maximum atomic E-state index is 13.0. The van der Waals surface area contributed by atoms with E-state index in [-0.39, 0.29) is 17.4 Å². The summed E-state index contributed by atoms with van der Waals surface area (Å²) < 4.78 is 0. The average Bonchev–Trinajstić information content (AvgIpc) is 2.91. The molecule has 2 N–H and O–H groups in total. The Morgan fingerprint density at radius 1 is 1.46 bits per heavy atom. The number of hydrogen-bond donors (Lipinski definition) is 1. The lowest BCUT2D eigenvalue weighted by Gasteiger charge is -2.42. The molecule has 128 valence electrons. The van der Waals surface area contributed by atoms with Gasteiger partial charge in [-0.3, -0.25) is 4.79 Å². The Balaban J connectivity index is 1.86. The van der Waals surface area contributed by atoms with Crippen LogP contribution < -0.4 is 5.73 Å². The summed E-state index contributed by atoms with van der Waals surface area (Å²) in [5.74, 6) is 0.0539. The Hall–Kier alpha value is -1.43. The minimum absolute atomic E-state index is 0.0539. The van der Waals surface area contributed by atoms with Gasteiger partial charge in [0, 0.05) is 29.7 Å². The third-order valence-electron chi connectivity index (χ3n) is 4.66. The van der Waals surface area contributed by atoms with Crippen molar-refractivity contribution < 1.29 is 4.79 Å². The third kappa shape index (κ3) is 3.34. The van der Waals surface area contributed by atoms with E-state index >= 15 is 0 Å². The summed E-state index contributed by atoms with van der Waals surface area (Å²) in [5, 5.41) is 1.49. The van der Waals surface area contributed by atoms with E-state index in [1.54, 1.807) is 0 Å². The Labute approximate surface area is 151 Å². The van der Waals surface area contributed by atoms with Crippen molar-refractivity contribution >= 4 is 28.8 Å². The lowest BCUT2D eigenvalue weighted by Crippen LogP contribution is -2.53. The molecule has 24 heavy (non-hydrogen) atoms. The number of hydrogen-bond acceptors (Lipinski definition) is 4. The molecule has 6 heteroatoms. The fraction of sp³-hybridized carbons (Fsp3) is 0.444. The molecule has 1 aromatic heterocycles. The van der Waals surface area contributed by atoms with Crippen molar-refractivity contribution in [2.24, 2.45) is 11.1 Å². The third-order valence-corrected chi connectivity index (χ3v) is 6.09. The molecule has 0 spiro atoms. The number of aromatic nitrogens is 1. The van der Waals surface area contributed by atoms with E-state index in [0.717, 1.165) is 22.7 Å². The van der Waals surface area contributed by atoms with E-state index in [0.29, 0.717) is 23.0 Å². The molecule has 1 aliphatic heterocycles. The molecule has 4 nitrogen and oxygen atoms in total. The fourth-order valence-electron chi connectivity index (χ4n) is 3.03. The van der Waals surface area contributed by atoms with Crippen molar-refractivity contribution in [3.8, 4) is 10.6 Å². The Kier molecular flexibility index (Phi) is 4.69. The average molecular weight is 364 g/mol. The number of thiazole rings is 1. The largest absolute Gasteiger partial charge is 0.337 e. The summed E-state index contributed by atoms with van der Waals surface area (Å²) in [5.41, 5.74) is 7.82. The minimum atomic E-state index is -0.0672. The van der Waals surface area contributed by atoms with Crippen molar-refractivity contribution in [1.82, 2.24) is 9.88 Å². The number of halogens is 1. The van der Waals surface area contributed by atoms with Gasteiger partial charge in [0.05, 0.1) is 5.69 Å². The SMILES string of the molecule is Cc1nc(-c2cccc(Cl)c2)sc1C(=O)N1CCC(N)C(C)(C)C1. The number of carbonyl (C=O) groups is 1. The van der Waals surface area contributed by atoms with Crippen LogP contribution in [0, 0.1) is 12.3 Å². The summed E-state index contributed by atoms with van der Waals surface area (Å²) in [6, 6.07) is 7.69. The summed E-state index contributed by atoms with van der Waals surface area (Å²) in [4.78, 5) is 20.1. The van der Waals surface area contributed by atoms with Gasteiger partial charge < -0.3 is 10.6 Å². The van der Waals surface area contributed by atoms with Gasteiger partial charge in [-0.15, -0.1) is 11.3 Å². The van der Waals surface area contributed by atoms with Crippen molar-refractivity contribution in [3.63, 3.8) is 0 Å². The van der Waals surface area contributed by atoms with Crippen molar-refractivity contribution in [2.75, 3.05) is 13.1 Å². The Bertz CT molecular complexity index is 771. The highest BCUT2D eigenvalue weighted by Crippen LogP contribution is 2.33. The molecule has 1 fully saturated rings. The molecule has 1 saturated heterocycles. The predicted octanol–water partition coefficient (Wildman–Crippen LogP) is 3.97. The van der Waals surface area contributed by atoms with Gasteiger partial charge in [-0.05, 0) is 30.9 Å². The monoisotopic (exact) mass is 363 g/mol. The Morgan fingerprint density at radius 3 is 2.88 bits per heavy atom. The highest BCUT2D eigenvalue weighted by atomic mass is 35.5. The van der Waals surface area contributed by atoms with E-state index in [9.17, 15) is 4.79 Å². The first kappa shape index (κ1) is 17.4. The normalized spacial score (nSPS) is 20.2. The number of benzene rings is 1. The zero-order chi connectivity index (χ0) is 17.5. The number of nitrogens with two attached hydrogens (primary N) is 1. The fourth-order valence-corrected chi connectivity index (χ4v) is 4.25. The van der Waals surface area contributed by atoms with Crippen LogP contribution in [0.15, 0.2) is 24.3 Å². The van der Waals surface area contributed by atoms with Crippen molar-refractivity contribution in [1.29, 1.82) is 0 Å². The standard InChI is InChI=1S/C18H22ClN3OS/c1-11-15(17(23)22-8-7-14(20)18(2,3)10-22)24-16(21-11)12-5-4-6-13(19)9-12/h4-6,9,14H,7-8,10,20H2,1-3H3. The van der Waals surface area contributed by atoms with Crippen LogP contribution in [0.5, 0.6) is 0 Å². The Morgan fingerprint density at radius 2 is 2.21 bits per heavy atom. The van der Waals surface area contributed by atoms with Crippen molar-refractivity contribution in [2.45, 2.75) is 33.2 Å². The zero-order valence-electron chi connectivity index (χ0n) is 14.2. The molecule has 3 rings (SSSR count). The van der Waals surface area contributed by atoms with Crippen LogP contribution in [0.1, 0.15) is 35.6 Å². The highest BCUT2D eigenvalue weighted by Gasteiger charge is 2.36. The predicted molar refractivity (Wildman–Crippen MR) is 99.6 cm³/mol. The number of aryl methyl sites for hydroxylation is 1. The minimum Gasteiger partial charge on any atom is -0.337 e. The van der Waals surface area contributed by atoms with E-state index in [1.807, 2.05) is 36.1 Å². The first-order chi connectivity index (χ1) is 11.3. The lowest BCUT2D eigenvalue weighted by molar-refractivity contribution is 0.0536. The van der Waals surface area contributed by atoms with Gasteiger partial charge in [0.2, 0.25) is 0 Å². The van der Waals surface area contributed by atoms with E-state index in [4.69, 9.17) is 17.3 Å². The quantitative estimate of drug-likeness (QED) is 0.878. The first-order valence-electron chi connectivity index (χ1n) is 8.06. The molecule has 0 bridgehead atoms. The van der Waals surface area contributed by atoms with E-state index in [1.165, 1.54) is 11.3 Å². The van der Waals surface area contributed by atoms with Gasteiger partial charge in [0.25, 0.3) is 5.91 Å². The maximum absolute atomic E-state index is 13.0. The topological polar surface area (TPSA) is 59.2 Å². The van der Waals surface area contributed by atoms with Crippen LogP contribution in [-0.2, 0) is 0 Å². The first-order valence-corrected chi connectivity index (χ1v) is 9.25. The van der Waals surface area contributed by atoms with E-state index in [2.05, 4.69) is 18.8 Å². The summed E-state index contributed by atoms with van der Waals surface area (Å²) in [6.07, 6.45) is 0.831. The molecule has 1 unspecified atom stereocenters. The maximum Gasteiger partial charge on any atom is 0.265 e. The van der Waals surface area contributed by atoms with Crippen LogP contribution in [0.4, 0.5) is 0 Å². The number of carbonyl (C=O) groups excluding carboxylic acids is 1. The number of rotatable bonds is 2. The molecule has 1 aliphatic rings. The lowest BCUT2D eigenvalue weighted by atomic mass is 9.79. The van der Waals surface area contributed by atoms with Gasteiger partial charge in [-0.1, -0.05) is 37.6 Å². The molecule has 0 aliphatic carbocycles. The number of nitrogens with zero attached hydrogens (tertiary/aromatic N) is 2. The van der Waals surface area contributed by atoms with Crippen molar-refractivity contribution in [3.05, 3.63) is 39.9 Å². The molecule has 1 amide bonds. The molecule has 0 saturated carbocycles. The molecule has 0 radical (unpaired) electrons.